The minimum atomic E-state index is 0.0994. The smallest absolute Gasteiger partial charge is 0.188 e. The van der Waals surface area contributed by atoms with Crippen molar-refractivity contribution in [2.24, 2.45) is 0 Å². The van der Waals surface area contributed by atoms with Crippen molar-refractivity contribution < 1.29 is 4.79 Å². The molecule has 1 aliphatic carbocycles. The third-order valence-corrected chi connectivity index (χ3v) is 3.96. The van der Waals surface area contributed by atoms with E-state index in [1.165, 1.54) is 36.3 Å². The van der Waals surface area contributed by atoms with E-state index >= 15 is 0 Å². The Bertz CT molecular complexity index is 350. The summed E-state index contributed by atoms with van der Waals surface area (Å²) in [5.74, 6) is 0.724. The molecule has 1 aromatic rings. The van der Waals surface area contributed by atoms with Crippen molar-refractivity contribution in [1.29, 1.82) is 0 Å². The van der Waals surface area contributed by atoms with E-state index in [0.717, 1.165) is 0 Å². The molecule has 1 aliphatic rings. The number of hydrogen-bond acceptors (Lipinski definition) is 3. The maximum atomic E-state index is 11.2. The minimum Gasteiger partial charge on any atom is -0.292 e. The molecule has 14 heavy (non-hydrogen) atoms. The highest BCUT2D eigenvalue weighted by molar-refractivity contribution is 7.13. The number of hydrogen-bond donors (Lipinski definition) is 0. The molecule has 0 unspecified atom stereocenters. The van der Waals surface area contributed by atoms with E-state index < -0.39 is 0 Å². The first-order valence-electron chi connectivity index (χ1n) is 5.16. The molecule has 1 saturated carbocycles. The number of rotatable bonds is 2. The third-order valence-electron chi connectivity index (χ3n) is 2.88. The zero-order valence-electron chi connectivity index (χ0n) is 8.67. The monoisotopic (exact) mass is 209 g/mol. The van der Waals surface area contributed by atoms with Crippen LogP contribution in [0.5, 0.6) is 0 Å². The summed E-state index contributed by atoms with van der Waals surface area (Å²) in [5.41, 5.74) is 1.19. The van der Waals surface area contributed by atoms with Gasteiger partial charge in [0.25, 0.3) is 0 Å². The van der Waals surface area contributed by atoms with Gasteiger partial charge in [-0.2, -0.15) is 0 Å². The second kappa shape index (κ2) is 3.81. The molecule has 2 rings (SSSR count). The first-order chi connectivity index (χ1) is 6.68. The van der Waals surface area contributed by atoms with E-state index in [1.807, 2.05) is 0 Å². The highest BCUT2D eigenvalue weighted by atomic mass is 32.1. The molecule has 0 aromatic carbocycles. The lowest BCUT2D eigenvalue weighted by molar-refractivity contribution is 0.101. The van der Waals surface area contributed by atoms with E-state index in [2.05, 4.69) is 11.9 Å². The summed E-state index contributed by atoms with van der Waals surface area (Å²) in [6.45, 7) is 3.68. The molecule has 0 amide bonds. The molecule has 0 saturated heterocycles. The van der Waals surface area contributed by atoms with E-state index in [4.69, 9.17) is 0 Å². The van der Waals surface area contributed by atoms with Crippen LogP contribution < -0.4 is 0 Å². The summed E-state index contributed by atoms with van der Waals surface area (Å²) in [7, 11) is 0. The van der Waals surface area contributed by atoms with E-state index in [9.17, 15) is 4.79 Å². The molecule has 3 heteroatoms. The van der Waals surface area contributed by atoms with Crippen LogP contribution in [-0.2, 0) is 0 Å². The fourth-order valence-electron chi connectivity index (χ4n) is 2.14. The SMILES string of the molecule is CC(=O)c1nc(C2CCCC2)c(C)s1. The van der Waals surface area contributed by atoms with Crippen LogP contribution in [-0.4, -0.2) is 10.8 Å². The Labute approximate surface area is 88.4 Å². The molecule has 0 radical (unpaired) electrons. The van der Waals surface area contributed by atoms with E-state index in [-0.39, 0.29) is 5.78 Å². The van der Waals surface area contributed by atoms with Gasteiger partial charge in [0.1, 0.15) is 0 Å². The number of aromatic nitrogens is 1. The third kappa shape index (κ3) is 1.73. The Morgan fingerprint density at radius 3 is 2.57 bits per heavy atom. The number of carbonyl (C=O) groups is 1. The van der Waals surface area contributed by atoms with Crippen molar-refractivity contribution in [1.82, 2.24) is 4.98 Å². The average Bonchev–Trinajstić information content (AvgIpc) is 2.71. The van der Waals surface area contributed by atoms with Gasteiger partial charge in [0.2, 0.25) is 0 Å². The lowest BCUT2D eigenvalue weighted by Gasteiger charge is -2.05. The predicted octanol–water partition coefficient (Wildman–Crippen LogP) is 3.31. The van der Waals surface area contributed by atoms with Gasteiger partial charge < -0.3 is 0 Å². The molecule has 1 heterocycles. The van der Waals surface area contributed by atoms with Gasteiger partial charge in [0.15, 0.2) is 10.8 Å². The Kier molecular flexibility index (Phi) is 2.68. The van der Waals surface area contributed by atoms with Gasteiger partial charge in [-0.1, -0.05) is 12.8 Å². The lowest BCUT2D eigenvalue weighted by atomic mass is 10.0. The van der Waals surface area contributed by atoms with Crippen molar-refractivity contribution in [3.63, 3.8) is 0 Å². The van der Waals surface area contributed by atoms with Crippen LogP contribution in [0.2, 0.25) is 0 Å². The molecule has 76 valence electrons. The van der Waals surface area contributed by atoms with Gasteiger partial charge in [-0.15, -0.1) is 11.3 Å². The number of aryl methyl sites for hydroxylation is 1. The quantitative estimate of drug-likeness (QED) is 0.699. The largest absolute Gasteiger partial charge is 0.292 e. The summed E-state index contributed by atoms with van der Waals surface area (Å²) in [5, 5.41) is 0.685. The summed E-state index contributed by atoms with van der Waals surface area (Å²) < 4.78 is 0. The second-order valence-corrected chi connectivity index (χ2v) is 5.20. The highest BCUT2D eigenvalue weighted by Crippen LogP contribution is 2.36. The standard InChI is InChI=1S/C11H15NOS/c1-7(13)11-12-10(8(2)14-11)9-5-3-4-6-9/h9H,3-6H2,1-2H3. The molecule has 1 fully saturated rings. The maximum absolute atomic E-state index is 11.2. The van der Waals surface area contributed by atoms with Gasteiger partial charge in [0, 0.05) is 17.7 Å². The van der Waals surface area contributed by atoms with Crippen LogP contribution >= 0.6 is 11.3 Å². The fourth-order valence-corrected chi connectivity index (χ4v) is 3.03. The average molecular weight is 209 g/mol. The van der Waals surface area contributed by atoms with Crippen molar-refractivity contribution in [3.05, 3.63) is 15.6 Å². The number of Topliss-reactive ketones (excluding diaryl/α,β-unsaturated/α-hetero) is 1. The Morgan fingerprint density at radius 2 is 2.07 bits per heavy atom. The van der Waals surface area contributed by atoms with Crippen LogP contribution in [0.4, 0.5) is 0 Å². The second-order valence-electron chi connectivity index (χ2n) is 4.00. The van der Waals surface area contributed by atoms with Gasteiger partial charge in [-0.05, 0) is 19.8 Å². The van der Waals surface area contributed by atoms with E-state index in [1.54, 1.807) is 18.3 Å². The zero-order valence-corrected chi connectivity index (χ0v) is 9.49. The van der Waals surface area contributed by atoms with Gasteiger partial charge in [0.05, 0.1) is 5.69 Å². The van der Waals surface area contributed by atoms with Crippen LogP contribution in [0.25, 0.3) is 0 Å². The van der Waals surface area contributed by atoms with Crippen molar-refractivity contribution in [2.75, 3.05) is 0 Å². The van der Waals surface area contributed by atoms with Crippen molar-refractivity contribution in [3.8, 4) is 0 Å². The molecule has 1 aromatic heterocycles. The molecule has 0 atom stereocenters. The van der Waals surface area contributed by atoms with Crippen LogP contribution in [0.3, 0.4) is 0 Å². The molecule has 0 aliphatic heterocycles. The predicted molar refractivity (Wildman–Crippen MR) is 58.1 cm³/mol. The van der Waals surface area contributed by atoms with Crippen LogP contribution in [0, 0.1) is 6.92 Å². The lowest BCUT2D eigenvalue weighted by Crippen LogP contribution is -1.97. The number of ketones is 1. The first kappa shape index (κ1) is 9.84. The van der Waals surface area contributed by atoms with Crippen molar-refractivity contribution >= 4 is 17.1 Å². The Balaban J connectivity index is 2.28. The summed E-state index contributed by atoms with van der Waals surface area (Å²) in [4.78, 5) is 16.9. The summed E-state index contributed by atoms with van der Waals surface area (Å²) >= 11 is 1.55. The van der Waals surface area contributed by atoms with Gasteiger partial charge in [-0.3, -0.25) is 4.79 Å². The fraction of sp³-hybridized carbons (Fsp3) is 0.636. The van der Waals surface area contributed by atoms with Crippen molar-refractivity contribution in [2.45, 2.75) is 45.4 Å². The normalized spacial score (nSPS) is 17.6. The topological polar surface area (TPSA) is 30.0 Å². The minimum absolute atomic E-state index is 0.0994. The number of carbonyl (C=O) groups excluding carboxylic acids is 1. The number of thiazole rings is 1. The van der Waals surface area contributed by atoms with Gasteiger partial charge in [-0.25, -0.2) is 4.98 Å². The molecular weight excluding hydrogens is 194 g/mol. The van der Waals surface area contributed by atoms with Crippen LogP contribution in [0.1, 0.15) is 58.9 Å². The van der Waals surface area contributed by atoms with Gasteiger partial charge >= 0.3 is 0 Å². The summed E-state index contributed by atoms with van der Waals surface area (Å²) in [6, 6.07) is 0. The number of nitrogens with zero attached hydrogens (tertiary/aromatic N) is 1. The highest BCUT2D eigenvalue weighted by Gasteiger charge is 2.22. The summed E-state index contributed by atoms with van der Waals surface area (Å²) in [6.07, 6.45) is 5.14. The van der Waals surface area contributed by atoms with Crippen LogP contribution in [0.15, 0.2) is 0 Å². The molecule has 0 spiro atoms. The molecule has 0 bridgehead atoms. The zero-order chi connectivity index (χ0) is 10.1. The Hall–Kier alpha value is -0.700. The first-order valence-corrected chi connectivity index (χ1v) is 5.98. The van der Waals surface area contributed by atoms with E-state index in [0.29, 0.717) is 10.9 Å². The Morgan fingerprint density at radius 1 is 1.43 bits per heavy atom. The molecule has 0 N–H and O–H groups in total. The maximum Gasteiger partial charge on any atom is 0.188 e. The molecular formula is C11H15NOS. The molecule has 2 nitrogen and oxygen atoms in total.